The van der Waals surface area contributed by atoms with Crippen molar-refractivity contribution in [3.8, 4) is 0 Å². The van der Waals surface area contributed by atoms with Gasteiger partial charge in [0.25, 0.3) is 0 Å². The maximum absolute atomic E-state index is 10.3. The van der Waals surface area contributed by atoms with E-state index >= 15 is 0 Å². The first kappa shape index (κ1) is 20.3. The van der Waals surface area contributed by atoms with Crippen molar-refractivity contribution in [2.24, 2.45) is 0 Å². The number of carboxylic acids is 1. The Kier molecular flexibility index (Phi) is 12.6. The molecule has 0 saturated heterocycles. The summed E-state index contributed by atoms with van der Waals surface area (Å²) in [6.07, 6.45) is 6.59. The molecular weight excluding hydrogens is 272 g/mol. The first-order chi connectivity index (χ1) is 9.93. The smallest absolute Gasteiger partial charge is 0.303 e. The maximum atomic E-state index is 10.3. The average molecular weight is 304 g/mol. The van der Waals surface area contributed by atoms with Gasteiger partial charge in [0, 0.05) is 6.42 Å². The van der Waals surface area contributed by atoms with Crippen LogP contribution in [0.4, 0.5) is 0 Å². The summed E-state index contributed by atoms with van der Waals surface area (Å²) in [5.74, 6) is -0.746. The van der Waals surface area contributed by atoms with Gasteiger partial charge in [-0.1, -0.05) is 38.5 Å². The Labute approximate surface area is 128 Å². The summed E-state index contributed by atoms with van der Waals surface area (Å²) in [6.45, 7) is 1.75. The lowest BCUT2D eigenvalue weighted by molar-refractivity contribution is -0.137. The molecule has 0 aliphatic heterocycles. The van der Waals surface area contributed by atoms with Crippen molar-refractivity contribution in [2.45, 2.75) is 95.9 Å². The minimum Gasteiger partial charge on any atom is -0.481 e. The van der Waals surface area contributed by atoms with Gasteiger partial charge in [-0.05, 0) is 32.6 Å². The molecule has 0 aromatic rings. The molecular formula is C16H32O5. The van der Waals surface area contributed by atoms with Crippen molar-refractivity contribution < 1.29 is 25.2 Å². The second kappa shape index (κ2) is 13.0. The van der Waals surface area contributed by atoms with E-state index in [1.807, 2.05) is 0 Å². The van der Waals surface area contributed by atoms with Gasteiger partial charge < -0.3 is 20.4 Å². The highest BCUT2D eigenvalue weighted by atomic mass is 16.4. The molecule has 0 aromatic heterocycles. The average Bonchev–Trinajstić information content (AvgIpc) is 2.41. The van der Waals surface area contributed by atoms with Gasteiger partial charge in [0.15, 0.2) is 0 Å². The molecule has 0 aliphatic carbocycles. The predicted octanol–water partition coefficient (Wildman–Crippen LogP) is 2.46. The molecule has 0 spiro atoms. The maximum Gasteiger partial charge on any atom is 0.303 e. The summed E-state index contributed by atoms with van der Waals surface area (Å²) in [6, 6.07) is 0. The normalized spacial score (nSPS) is 15.6. The Morgan fingerprint density at radius 3 is 1.71 bits per heavy atom. The van der Waals surface area contributed by atoms with Gasteiger partial charge in [-0.2, -0.15) is 0 Å². The standard InChI is InChI=1S/C16H32O5/c1-13(17)9-7-8-11-15(19)14(18)10-5-3-2-4-6-12-16(20)21/h13-15,17-19H,2-12H2,1H3,(H,20,21). The Bertz CT molecular complexity index is 255. The van der Waals surface area contributed by atoms with E-state index in [9.17, 15) is 15.0 Å². The summed E-state index contributed by atoms with van der Waals surface area (Å²) in [4.78, 5) is 10.3. The van der Waals surface area contributed by atoms with Gasteiger partial charge in [0.05, 0.1) is 18.3 Å². The number of hydrogen-bond acceptors (Lipinski definition) is 4. The van der Waals surface area contributed by atoms with Gasteiger partial charge >= 0.3 is 5.97 Å². The van der Waals surface area contributed by atoms with Crippen LogP contribution in [0.1, 0.15) is 77.6 Å². The number of rotatable bonds is 14. The molecule has 3 unspecified atom stereocenters. The molecule has 21 heavy (non-hydrogen) atoms. The van der Waals surface area contributed by atoms with Crippen molar-refractivity contribution in [3.05, 3.63) is 0 Å². The summed E-state index contributed by atoms with van der Waals surface area (Å²) in [5, 5.41) is 37.2. The monoisotopic (exact) mass is 304 g/mol. The minimum atomic E-state index is -0.746. The van der Waals surface area contributed by atoms with Crippen LogP contribution in [0.2, 0.25) is 0 Å². The third-order valence-corrected chi connectivity index (χ3v) is 3.71. The molecule has 0 aliphatic rings. The quantitative estimate of drug-likeness (QED) is 0.370. The molecule has 5 heteroatoms. The van der Waals surface area contributed by atoms with Crippen LogP contribution < -0.4 is 0 Å². The van der Waals surface area contributed by atoms with Crippen LogP contribution in [0, 0.1) is 0 Å². The fourth-order valence-electron chi connectivity index (χ4n) is 2.34. The second-order valence-corrected chi connectivity index (χ2v) is 5.97. The van der Waals surface area contributed by atoms with E-state index in [1.54, 1.807) is 6.92 Å². The largest absolute Gasteiger partial charge is 0.481 e. The van der Waals surface area contributed by atoms with Crippen LogP contribution in [0.15, 0.2) is 0 Å². The number of aliphatic hydroxyl groups is 3. The van der Waals surface area contributed by atoms with Crippen LogP contribution in [0.3, 0.4) is 0 Å². The SMILES string of the molecule is CC(O)CCCCC(O)C(O)CCCCCCCC(=O)O. The van der Waals surface area contributed by atoms with Crippen LogP contribution in [-0.4, -0.2) is 44.7 Å². The molecule has 0 amide bonds. The second-order valence-electron chi connectivity index (χ2n) is 5.97. The first-order valence-corrected chi connectivity index (χ1v) is 8.19. The lowest BCUT2D eigenvalue weighted by Crippen LogP contribution is -2.25. The topological polar surface area (TPSA) is 98.0 Å². The highest BCUT2D eigenvalue weighted by Gasteiger charge is 2.15. The van der Waals surface area contributed by atoms with E-state index in [0.717, 1.165) is 44.9 Å². The summed E-state index contributed by atoms with van der Waals surface area (Å²) in [5.41, 5.74) is 0. The molecule has 0 bridgehead atoms. The Morgan fingerprint density at radius 2 is 1.19 bits per heavy atom. The number of unbranched alkanes of at least 4 members (excludes halogenated alkanes) is 5. The van der Waals surface area contributed by atoms with Crippen LogP contribution in [0.25, 0.3) is 0 Å². The lowest BCUT2D eigenvalue weighted by atomic mass is 10.00. The Balaban J connectivity index is 3.42. The van der Waals surface area contributed by atoms with E-state index < -0.39 is 18.2 Å². The summed E-state index contributed by atoms with van der Waals surface area (Å²) in [7, 11) is 0. The number of aliphatic hydroxyl groups excluding tert-OH is 3. The van der Waals surface area contributed by atoms with Gasteiger partial charge in [0.2, 0.25) is 0 Å². The van der Waals surface area contributed by atoms with Gasteiger partial charge in [0.1, 0.15) is 0 Å². The van der Waals surface area contributed by atoms with E-state index in [-0.39, 0.29) is 12.5 Å². The van der Waals surface area contributed by atoms with Crippen molar-refractivity contribution in [2.75, 3.05) is 0 Å². The third kappa shape index (κ3) is 14.1. The zero-order valence-corrected chi connectivity index (χ0v) is 13.2. The molecule has 3 atom stereocenters. The third-order valence-electron chi connectivity index (χ3n) is 3.71. The highest BCUT2D eigenvalue weighted by molar-refractivity contribution is 5.66. The Hall–Kier alpha value is -0.650. The molecule has 0 heterocycles. The molecule has 0 fully saturated rings. The van der Waals surface area contributed by atoms with Crippen LogP contribution >= 0.6 is 0 Å². The Morgan fingerprint density at radius 1 is 0.762 bits per heavy atom. The molecule has 0 radical (unpaired) electrons. The van der Waals surface area contributed by atoms with Gasteiger partial charge in [-0.3, -0.25) is 4.79 Å². The van der Waals surface area contributed by atoms with E-state index in [2.05, 4.69) is 0 Å². The highest BCUT2D eigenvalue weighted by Crippen LogP contribution is 2.14. The van der Waals surface area contributed by atoms with E-state index in [4.69, 9.17) is 10.2 Å². The molecule has 0 saturated carbocycles. The van der Waals surface area contributed by atoms with Gasteiger partial charge in [-0.25, -0.2) is 0 Å². The van der Waals surface area contributed by atoms with E-state index in [1.165, 1.54) is 0 Å². The molecule has 126 valence electrons. The fourth-order valence-corrected chi connectivity index (χ4v) is 2.34. The van der Waals surface area contributed by atoms with Crippen LogP contribution in [-0.2, 0) is 4.79 Å². The predicted molar refractivity (Wildman–Crippen MR) is 82.1 cm³/mol. The molecule has 0 aromatic carbocycles. The lowest BCUT2D eigenvalue weighted by Gasteiger charge is -2.17. The van der Waals surface area contributed by atoms with Crippen molar-refractivity contribution in [3.63, 3.8) is 0 Å². The molecule has 4 N–H and O–H groups in total. The number of carbonyl (C=O) groups is 1. The first-order valence-electron chi connectivity index (χ1n) is 8.19. The molecule has 5 nitrogen and oxygen atoms in total. The zero-order valence-electron chi connectivity index (χ0n) is 13.2. The number of aliphatic carboxylic acids is 1. The molecule has 0 rings (SSSR count). The van der Waals surface area contributed by atoms with E-state index in [0.29, 0.717) is 19.3 Å². The van der Waals surface area contributed by atoms with Crippen molar-refractivity contribution >= 4 is 5.97 Å². The number of carboxylic acid groups (broad SMARTS) is 1. The number of hydrogen-bond donors (Lipinski definition) is 4. The van der Waals surface area contributed by atoms with Crippen molar-refractivity contribution in [1.29, 1.82) is 0 Å². The van der Waals surface area contributed by atoms with Crippen LogP contribution in [0.5, 0.6) is 0 Å². The van der Waals surface area contributed by atoms with Crippen molar-refractivity contribution in [1.82, 2.24) is 0 Å². The zero-order chi connectivity index (χ0) is 16.1. The summed E-state index contributed by atoms with van der Waals surface area (Å²) < 4.78 is 0. The fraction of sp³-hybridized carbons (Fsp3) is 0.938. The van der Waals surface area contributed by atoms with Gasteiger partial charge in [-0.15, -0.1) is 0 Å². The minimum absolute atomic E-state index is 0.230. The summed E-state index contributed by atoms with van der Waals surface area (Å²) >= 11 is 0.